The van der Waals surface area contributed by atoms with Crippen LogP contribution in [0.15, 0.2) is 23.2 Å². The monoisotopic (exact) mass is 535 g/mol. The molecule has 38 heavy (non-hydrogen) atoms. The first-order valence-electron chi connectivity index (χ1n) is 14.4. The van der Waals surface area contributed by atoms with Crippen molar-refractivity contribution in [3.63, 3.8) is 0 Å². The number of ether oxygens (including phenoxy) is 3. The van der Waals surface area contributed by atoms with Crippen molar-refractivity contribution in [1.82, 2.24) is 5.32 Å². The summed E-state index contributed by atoms with van der Waals surface area (Å²) in [7, 11) is 3.35. The first-order chi connectivity index (χ1) is 18.0. The van der Waals surface area contributed by atoms with E-state index in [4.69, 9.17) is 14.2 Å². The van der Waals surface area contributed by atoms with Crippen molar-refractivity contribution in [2.45, 2.75) is 99.5 Å². The van der Waals surface area contributed by atoms with Crippen molar-refractivity contribution < 1.29 is 24.1 Å². The van der Waals surface area contributed by atoms with Gasteiger partial charge in [-0.2, -0.15) is 0 Å². The second-order valence-electron chi connectivity index (χ2n) is 11.3. The van der Waals surface area contributed by atoms with E-state index in [1.54, 1.807) is 21.1 Å². The number of nitrogens with one attached hydrogen (secondary N) is 1. The molecule has 3 atom stereocenters. The predicted octanol–water partition coefficient (Wildman–Crippen LogP) is 6.50. The Morgan fingerprint density at radius 3 is 2.24 bits per heavy atom. The Labute approximate surface area is 234 Å². The average molecular weight is 536 g/mol. The van der Waals surface area contributed by atoms with Crippen molar-refractivity contribution >= 4 is 5.91 Å². The number of allylic oxidation sites excluding steroid dienone is 3. The number of aliphatic hydroxyl groups is 1. The number of terminal acetylenes is 1. The van der Waals surface area contributed by atoms with E-state index in [9.17, 15) is 9.90 Å². The van der Waals surface area contributed by atoms with E-state index < -0.39 is 6.10 Å². The molecule has 0 aromatic rings. The molecule has 0 aromatic heterocycles. The number of carbonyl (C=O) groups is 1. The minimum atomic E-state index is -0.463. The summed E-state index contributed by atoms with van der Waals surface area (Å²) in [6.07, 6.45) is 12.6. The van der Waals surface area contributed by atoms with E-state index in [2.05, 4.69) is 58.4 Å². The van der Waals surface area contributed by atoms with Gasteiger partial charge in [0.1, 0.15) is 5.76 Å². The SMILES string of the molecule is C#CC.COCCCOC(/C=C(\C)CC(CC[C@@H](O)CC(C(=O)NCC1CC1)C(C)C)C(C)C)=C(/C)OC. The Bertz CT molecular complexity index is 745. The highest BCUT2D eigenvalue weighted by atomic mass is 16.5. The summed E-state index contributed by atoms with van der Waals surface area (Å²) in [5, 5.41) is 13.9. The lowest BCUT2D eigenvalue weighted by atomic mass is 9.82. The highest BCUT2D eigenvalue weighted by Crippen LogP contribution is 2.30. The van der Waals surface area contributed by atoms with Gasteiger partial charge in [-0.25, -0.2) is 0 Å². The molecule has 1 fully saturated rings. The van der Waals surface area contributed by atoms with E-state index in [-0.39, 0.29) is 17.7 Å². The fourth-order valence-corrected chi connectivity index (χ4v) is 4.30. The number of carbonyl (C=O) groups excluding carboxylic acids is 1. The van der Waals surface area contributed by atoms with Gasteiger partial charge < -0.3 is 24.6 Å². The van der Waals surface area contributed by atoms with Crippen LogP contribution >= 0.6 is 0 Å². The number of hydrogen-bond acceptors (Lipinski definition) is 5. The number of amides is 1. The molecular formula is C32H57NO5. The highest BCUT2D eigenvalue weighted by molar-refractivity contribution is 5.78. The Kier molecular flexibility index (Phi) is 19.8. The van der Waals surface area contributed by atoms with Gasteiger partial charge in [-0.15, -0.1) is 12.3 Å². The van der Waals surface area contributed by atoms with Gasteiger partial charge >= 0.3 is 0 Å². The zero-order chi connectivity index (χ0) is 29.1. The largest absolute Gasteiger partial charge is 0.498 e. The quantitative estimate of drug-likeness (QED) is 0.0855. The summed E-state index contributed by atoms with van der Waals surface area (Å²) >= 11 is 0. The number of methoxy groups -OCH3 is 2. The fraction of sp³-hybridized carbons (Fsp3) is 0.781. The van der Waals surface area contributed by atoms with Crippen LogP contribution in [-0.2, 0) is 19.0 Å². The van der Waals surface area contributed by atoms with Gasteiger partial charge in [-0.05, 0) is 89.0 Å². The smallest absolute Gasteiger partial charge is 0.223 e. The van der Waals surface area contributed by atoms with E-state index in [0.29, 0.717) is 43.8 Å². The molecule has 1 rings (SSSR count). The zero-order valence-electron chi connectivity index (χ0n) is 25.8. The van der Waals surface area contributed by atoms with Crippen molar-refractivity contribution in [2.24, 2.45) is 29.6 Å². The molecule has 2 N–H and O–H groups in total. The van der Waals surface area contributed by atoms with Crippen LogP contribution < -0.4 is 5.32 Å². The third-order valence-corrected chi connectivity index (χ3v) is 7.11. The lowest BCUT2D eigenvalue weighted by molar-refractivity contribution is -0.127. The normalized spacial score (nSPS) is 16.6. The maximum absolute atomic E-state index is 12.7. The first kappa shape index (κ1) is 36.0. The van der Waals surface area contributed by atoms with Gasteiger partial charge in [-0.1, -0.05) is 33.3 Å². The first-order valence-corrected chi connectivity index (χ1v) is 14.4. The highest BCUT2D eigenvalue weighted by Gasteiger charge is 2.28. The molecule has 1 saturated carbocycles. The average Bonchev–Trinajstić information content (AvgIpc) is 3.69. The summed E-state index contributed by atoms with van der Waals surface area (Å²) < 4.78 is 16.5. The van der Waals surface area contributed by atoms with Gasteiger partial charge in [0, 0.05) is 32.6 Å². The number of hydrogen-bond donors (Lipinski definition) is 2. The molecule has 0 bridgehead atoms. The third-order valence-electron chi connectivity index (χ3n) is 7.11. The topological polar surface area (TPSA) is 77.0 Å². The summed E-state index contributed by atoms with van der Waals surface area (Å²) in [4.78, 5) is 12.7. The van der Waals surface area contributed by atoms with Crippen LogP contribution in [0.3, 0.4) is 0 Å². The molecule has 2 unspecified atom stereocenters. The zero-order valence-corrected chi connectivity index (χ0v) is 25.8. The van der Waals surface area contributed by atoms with Crippen LogP contribution in [0, 0.1) is 41.9 Å². The molecule has 220 valence electrons. The van der Waals surface area contributed by atoms with E-state index in [1.807, 2.05) is 6.92 Å². The molecule has 6 heteroatoms. The summed E-state index contributed by atoms with van der Waals surface area (Å²) in [5.41, 5.74) is 1.23. The number of aliphatic hydroxyl groups excluding tert-OH is 1. The van der Waals surface area contributed by atoms with Gasteiger partial charge in [0.15, 0.2) is 5.76 Å². The molecule has 0 radical (unpaired) electrons. The lowest BCUT2D eigenvalue weighted by Gasteiger charge is -2.26. The lowest BCUT2D eigenvalue weighted by Crippen LogP contribution is -2.36. The molecule has 0 spiro atoms. The van der Waals surface area contributed by atoms with E-state index >= 15 is 0 Å². The summed E-state index contributed by atoms with van der Waals surface area (Å²) in [6, 6.07) is 0. The molecule has 0 heterocycles. The molecule has 6 nitrogen and oxygen atoms in total. The molecule has 1 aliphatic carbocycles. The fourth-order valence-electron chi connectivity index (χ4n) is 4.30. The summed E-state index contributed by atoms with van der Waals surface area (Å²) in [6.45, 7) is 16.4. The van der Waals surface area contributed by atoms with Crippen molar-refractivity contribution in [3.8, 4) is 12.3 Å². The maximum Gasteiger partial charge on any atom is 0.223 e. The predicted molar refractivity (Wildman–Crippen MR) is 157 cm³/mol. The Hall–Kier alpha value is -1.97. The Balaban J connectivity index is 0.00000434. The molecule has 0 saturated heterocycles. The van der Waals surface area contributed by atoms with Crippen LogP contribution in [0.4, 0.5) is 0 Å². The second kappa shape index (κ2) is 20.9. The van der Waals surface area contributed by atoms with Crippen LogP contribution in [0.25, 0.3) is 0 Å². The minimum absolute atomic E-state index is 0.100. The van der Waals surface area contributed by atoms with Crippen LogP contribution in [0.1, 0.15) is 93.4 Å². The van der Waals surface area contributed by atoms with Gasteiger partial charge in [0.2, 0.25) is 5.91 Å². The van der Waals surface area contributed by atoms with E-state index in [0.717, 1.165) is 37.3 Å². The second-order valence-corrected chi connectivity index (χ2v) is 11.3. The maximum atomic E-state index is 12.7. The Morgan fingerprint density at radius 1 is 1.11 bits per heavy atom. The van der Waals surface area contributed by atoms with E-state index in [1.165, 1.54) is 18.4 Å². The van der Waals surface area contributed by atoms with Crippen molar-refractivity contribution in [1.29, 1.82) is 0 Å². The third kappa shape index (κ3) is 16.8. The molecule has 1 aliphatic rings. The number of rotatable bonds is 19. The molecular weight excluding hydrogens is 478 g/mol. The molecule has 1 amide bonds. The van der Waals surface area contributed by atoms with Gasteiger partial charge in [0.25, 0.3) is 0 Å². The van der Waals surface area contributed by atoms with Crippen molar-refractivity contribution in [2.75, 3.05) is 34.0 Å². The van der Waals surface area contributed by atoms with Crippen LogP contribution in [0.2, 0.25) is 0 Å². The molecule has 0 aromatic carbocycles. The Morgan fingerprint density at radius 2 is 1.74 bits per heavy atom. The van der Waals surface area contributed by atoms with Crippen LogP contribution in [0.5, 0.6) is 0 Å². The standard InChI is InChI=1S/C29H53NO5.C3H4/c1-20(2)25(16-22(5)17-28(23(6)34-8)35-15-9-14-33-7)12-13-26(31)18-27(21(3)4)29(32)30-19-24-10-11-24;1-3-2/h17,20-21,24-27,31H,9-16,18-19H2,1-8H3,(H,30,32);1H,2H3/b22-17+,28-23-;/t25?,26-,27?;/m1./s1. The van der Waals surface area contributed by atoms with Gasteiger partial charge in [-0.3, -0.25) is 4.79 Å². The van der Waals surface area contributed by atoms with Crippen molar-refractivity contribution in [3.05, 3.63) is 23.2 Å². The molecule has 0 aliphatic heterocycles. The van der Waals surface area contributed by atoms with Gasteiger partial charge in [0.05, 0.1) is 19.8 Å². The van der Waals surface area contributed by atoms with Crippen LogP contribution in [-0.4, -0.2) is 51.1 Å². The minimum Gasteiger partial charge on any atom is -0.498 e. The summed E-state index contributed by atoms with van der Waals surface area (Å²) in [5.74, 6) is 5.56.